The summed E-state index contributed by atoms with van der Waals surface area (Å²) in [5.74, 6) is 0.328. The topological polar surface area (TPSA) is 51.2 Å². The Hall–Kier alpha value is -2.31. The van der Waals surface area contributed by atoms with E-state index in [9.17, 15) is 4.79 Å². The minimum absolute atomic E-state index is 0.227. The van der Waals surface area contributed by atoms with Crippen molar-refractivity contribution in [1.82, 2.24) is 4.98 Å². The number of carbonyl (C=O) groups excluding carboxylic acids is 1. The summed E-state index contributed by atoms with van der Waals surface area (Å²) in [6.07, 6.45) is 1.98. The molecule has 0 aliphatic rings. The summed E-state index contributed by atoms with van der Waals surface area (Å²) in [5, 5.41) is 5.36. The van der Waals surface area contributed by atoms with Crippen LogP contribution in [0.15, 0.2) is 52.7 Å². The van der Waals surface area contributed by atoms with Gasteiger partial charge in [-0.15, -0.1) is 23.1 Å². The first-order chi connectivity index (χ1) is 12.1. The summed E-state index contributed by atoms with van der Waals surface area (Å²) in [6.45, 7) is 2.05. The van der Waals surface area contributed by atoms with Crippen molar-refractivity contribution in [1.29, 1.82) is 0 Å². The van der Waals surface area contributed by atoms with Crippen LogP contribution in [-0.2, 0) is 0 Å². The van der Waals surface area contributed by atoms with E-state index in [0.29, 0.717) is 16.4 Å². The Labute approximate surface area is 155 Å². The summed E-state index contributed by atoms with van der Waals surface area (Å²) < 4.78 is 5.34. The predicted octanol–water partition coefficient (Wildman–Crippen LogP) is 5.10. The summed E-state index contributed by atoms with van der Waals surface area (Å²) in [5.41, 5.74) is 3.58. The number of ether oxygens (including phenoxy) is 1. The number of thiazole rings is 1. The second-order valence-electron chi connectivity index (χ2n) is 5.42. The van der Waals surface area contributed by atoms with Crippen molar-refractivity contribution < 1.29 is 9.53 Å². The minimum Gasteiger partial charge on any atom is -0.496 e. The van der Waals surface area contributed by atoms with Gasteiger partial charge in [-0.1, -0.05) is 29.8 Å². The number of rotatable bonds is 5. The van der Waals surface area contributed by atoms with Gasteiger partial charge >= 0.3 is 0 Å². The smallest absolute Gasteiger partial charge is 0.261 e. The number of aryl methyl sites for hydroxylation is 1. The van der Waals surface area contributed by atoms with Gasteiger partial charge in [-0.25, -0.2) is 4.98 Å². The van der Waals surface area contributed by atoms with Gasteiger partial charge in [0.1, 0.15) is 5.75 Å². The molecule has 128 valence electrons. The molecule has 2 aromatic carbocycles. The maximum absolute atomic E-state index is 12.6. The van der Waals surface area contributed by atoms with Crippen molar-refractivity contribution >= 4 is 34.1 Å². The SMILES string of the molecule is COc1cc(SC)ccc1C(=O)Nc1nc(-c2ccc(C)cc2)cs1. The second-order valence-corrected chi connectivity index (χ2v) is 7.16. The number of hydrogen-bond donors (Lipinski definition) is 1. The first kappa shape index (κ1) is 17.5. The molecule has 0 saturated heterocycles. The van der Waals surface area contributed by atoms with Crippen molar-refractivity contribution in [2.24, 2.45) is 0 Å². The lowest BCUT2D eigenvalue weighted by Crippen LogP contribution is -2.13. The van der Waals surface area contributed by atoms with Gasteiger partial charge < -0.3 is 4.74 Å². The Kier molecular flexibility index (Phi) is 5.40. The monoisotopic (exact) mass is 370 g/mol. The third kappa shape index (κ3) is 4.03. The summed E-state index contributed by atoms with van der Waals surface area (Å²) in [7, 11) is 1.56. The van der Waals surface area contributed by atoms with E-state index < -0.39 is 0 Å². The largest absolute Gasteiger partial charge is 0.496 e. The van der Waals surface area contributed by atoms with Crippen LogP contribution < -0.4 is 10.1 Å². The lowest BCUT2D eigenvalue weighted by atomic mass is 10.1. The molecule has 0 atom stereocenters. The van der Waals surface area contributed by atoms with Gasteiger partial charge in [-0.05, 0) is 31.4 Å². The molecule has 1 heterocycles. The van der Waals surface area contributed by atoms with Crippen molar-refractivity contribution in [3.05, 3.63) is 59.0 Å². The zero-order chi connectivity index (χ0) is 17.8. The van der Waals surface area contributed by atoms with Crippen LogP contribution in [0.2, 0.25) is 0 Å². The first-order valence-electron chi connectivity index (χ1n) is 7.66. The number of hydrogen-bond acceptors (Lipinski definition) is 5. The Morgan fingerprint density at radius 2 is 1.96 bits per heavy atom. The van der Waals surface area contributed by atoms with Crippen LogP contribution >= 0.6 is 23.1 Å². The van der Waals surface area contributed by atoms with E-state index in [1.165, 1.54) is 16.9 Å². The standard InChI is InChI=1S/C19H18N2O2S2/c1-12-4-6-13(7-5-12)16-11-25-19(20-16)21-18(22)15-9-8-14(24-3)10-17(15)23-2/h4-11H,1-3H3,(H,20,21,22). The van der Waals surface area contributed by atoms with Crippen molar-refractivity contribution in [2.75, 3.05) is 18.7 Å². The molecule has 1 amide bonds. The highest BCUT2D eigenvalue weighted by Crippen LogP contribution is 2.28. The van der Waals surface area contributed by atoms with Gasteiger partial charge in [0, 0.05) is 15.8 Å². The van der Waals surface area contributed by atoms with Crippen molar-refractivity contribution in [2.45, 2.75) is 11.8 Å². The molecule has 1 N–H and O–H groups in total. The average molecular weight is 370 g/mol. The average Bonchev–Trinajstić information content (AvgIpc) is 3.10. The van der Waals surface area contributed by atoms with Gasteiger partial charge in [-0.2, -0.15) is 0 Å². The number of nitrogens with zero attached hydrogens (tertiary/aromatic N) is 1. The molecule has 0 radical (unpaired) electrons. The zero-order valence-electron chi connectivity index (χ0n) is 14.2. The molecule has 6 heteroatoms. The fraction of sp³-hybridized carbons (Fsp3) is 0.158. The van der Waals surface area contributed by atoms with Crippen LogP contribution in [0.1, 0.15) is 15.9 Å². The van der Waals surface area contributed by atoms with E-state index in [1.807, 2.05) is 55.0 Å². The van der Waals surface area contributed by atoms with E-state index in [2.05, 4.69) is 10.3 Å². The number of thioether (sulfide) groups is 1. The molecule has 3 aromatic rings. The van der Waals surface area contributed by atoms with Crippen LogP contribution in [0.3, 0.4) is 0 Å². The fourth-order valence-electron chi connectivity index (χ4n) is 2.34. The summed E-state index contributed by atoms with van der Waals surface area (Å²) in [6, 6.07) is 13.7. The van der Waals surface area contributed by atoms with Gasteiger partial charge in [-0.3, -0.25) is 10.1 Å². The molecule has 0 aliphatic carbocycles. The minimum atomic E-state index is -0.227. The number of aromatic nitrogens is 1. The van der Waals surface area contributed by atoms with E-state index in [1.54, 1.807) is 24.9 Å². The number of benzene rings is 2. The molecule has 4 nitrogen and oxygen atoms in total. The number of nitrogens with one attached hydrogen (secondary N) is 1. The van der Waals surface area contributed by atoms with Gasteiger partial charge in [0.05, 0.1) is 18.4 Å². The molecule has 0 saturated carbocycles. The molecule has 25 heavy (non-hydrogen) atoms. The lowest BCUT2D eigenvalue weighted by molar-refractivity contribution is 0.102. The van der Waals surface area contributed by atoms with Crippen molar-refractivity contribution in [3.63, 3.8) is 0 Å². The molecular formula is C19H18N2O2S2. The lowest BCUT2D eigenvalue weighted by Gasteiger charge is -2.09. The Bertz CT molecular complexity index is 889. The second kappa shape index (κ2) is 7.72. The Balaban J connectivity index is 1.79. The number of carbonyl (C=O) groups is 1. The fourth-order valence-corrected chi connectivity index (χ4v) is 3.48. The van der Waals surface area contributed by atoms with Crippen LogP contribution in [0, 0.1) is 6.92 Å². The maximum Gasteiger partial charge on any atom is 0.261 e. The molecule has 1 aromatic heterocycles. The molecular weight excluding hydrogens is 352 g/mol. The normalized spacial score (nSPS) is 10.5. The van der Waals surface area contributed by atoms with Gasteiger partial charge in [0.25, 0.3) is 5.91 Å². The molecule has 0 fully saturated rings. The zero-order valence-corrected chi connectivity index (χ0v) is 15.8. The van der Waals surface area contributed by atoms with E-state index in [0.717, 1.165) is 16.2 Å². The highest BCUT2D eigenvalue weighted by atomic mass is 32.2. The highest BCUT2D eigenvalue weighted by Gasteiger charge is 2.15. The Morgan fingerprint density at radius 3 is 2.64 bits per heavy atom. The van der Waals surface area contributed by atoms with E-state index >= 15 is 0 Å². The molecule has 0 bridgehead atoms. The third-order valence-corrected chi connectivity index (χ3v) is 5.21. The first-order valence-corrected chi connectivity index (χ1v) is 9.77. The quantitative estimate of drug-likeness (QED) is 0.635. The molecule has 3 rings (SSSR count). The van der Waals surface area contributed by atoms with Gasteiger partial charge in [0.2, 0.25) is 0 Å². The third-order valence-electron chi connectivity index (χ3n) is 3.73. The van der Waals surface area contributed by atoms with E-state index in [-0.39, 0.29) is 5.91 Å². The van der Waals surface area contributed by atoms with Crippen LogP contribution in [0.25, 0.3) is 11.3 Å². The van der Waals surface area contributed by atoms with Crippen LogP contribution in [0.5, 0.6) is 5.75 Å². The molecule has 0 aliphatic heterocycles. The summed E-state index contributed by atoms with van der Waals surface area (Å²) in [4.78, 5) is 18.1. The van der Waals surface area contributed by atoms with Crippen molar-refractivity contribution in [3.8, 4) is 17.0 Å². The number of methoxy groups -OCH3 is 1. The number of anilines is 1. The molecule has 0 unspecified atom stereocenters. The maximum atomic E-state index is 12.6. The number of amides is 1. The van der Waals surface area contributed by atoms with Gasteiger partial charge in [0.15, 0.2) is 5.13 Å². The van der Waals surface area contributed by atoms with Crippen LogP contribution in [-0.4, -0.2) is 24.3 Å². The highest BCUT2D eigenvalue weighted by molar-refractivity contribution is 7.98. The Morgan fingerprint density at radius 1 is 1.20 bits per heavy atom. The molecule has 0 spiro atoms. The predicted molar refractivity (Wildman–Crippen MR) is 105 cm³/mol. The summed E-state index contributed by atoms with van der Waals surface area (Å²) >= 11 is 3.01. The van der Waals surface area contributed by atoms with E-state index in [4.69, 9.17) is 4.74 Å². The van der Waals surface area contributed by atoms with Crippen LogP contribution in [0.4, 0.5) is 5.13 Å².